The number of benzene rings is 2. The maximum absolute atomic E-state index is 14.0. The first-order valence-electron chi connectivity index (χ1n) is 16.4. The first-order chi connectivity index (χ1) is 23.0. The fourth-order valence-corrected chi connectivity index (χ4v) is 6.58. The Kier molecular flexibility index (Phi) is 10.3. The van der Waals surface area contributed by atoms with E-state index in [1.807, 2.05) is 59.5 Å². The number of nitrogens with one attached hydrogen (secondary N) is 3. The topological polar surface area (TPSA) is 126 Å². The lowest BCUT2D eigenvalue weighted by Crippen LogP contribution is -2.56. The van der Waals surface area contributed by atoms with Gasteiger partial charge in [-0.15, -0.1) is 0 Å². The number of rotatable bonds is 10. The van der Waals surface area contributed by atoms with Gasteiger partial charge >= 0.3 is 6.03 Å². The van der Waals surface area contributed by atoms with Crippen molar-refractivity contribution in [3.63, 3.8) is 0 Å². The smallest absolute Gasteiger partial charge is 0.322 e. The van der Waals surface area contributed by atoms with Gasteiger partial charge in [0.2, 0.25) is 5.91 Å². The van der Waals surface area contributed by atoms with Gasteiger partial charge in [0.25, 0.3) is 0 Å². The summed E-state index contributed by atoms with van der Waals surface area (Å²) in [4.78, 5) is 37.6. The van der Waals surface area contributed by atoms with Crippen molar-refractivity contribution in [3.8, 4) is 6.07 Å². The number of hydrogen-bond acceptors (Lipinski definition) is 8. The number of anilines is 4. The minimum absolute atomic E-state index is 0.0419. The summed E-state index contributed by atoms with van der Waals surface area (Å²) in [6.07, 6.45) is 6.12. The SMILES string of the molecule is C=CC(=O)Nc1cc(N(C(=O)NCc2ccccc2)C2CCC(Nc3ccc(C#N)cn3)CC2)ccc1N1CCN(C2COC2)CC1. The molecule has 3 amide bonds. The highest BCUT2D eigenvalue weighted by Gasteiger charge is 2.32. The quantitative estimate of drug-likeness (QED) is 0.273. The van der Waals surface area contributed by atoms with Crippen molar-refractivity contribution in [2.45, 2.75) is 50.4 Å². The van der Waals surface area contributed by atoms with Gasteiger partial charge in [0, 0.05) is 56.7 Å². The molecule has 11 heteroatoms. The zero-order valence-corrected chi connectivity index (χ0v) is 26.6. The number of aromatic nitrogens is 1. The third kappa shape index (κ3) is 7.91. The van der Waals surface area contributed by atoms with Gasteiger partial charge in [0.05, 0.1) is 36.2 Å². The van der Waals surface area contributed by atoms with Crippen LogP contribution in [0.5, 0.6) is 0 Å². The molecule has 3 fully saturated rings. The third-order valence-electron chi connectivity index (χ3n) is 9.31. The summed E-state index contributed by atoms with van der Waals surface area (Å²) in [6, 6.07) is 22.0. The summed E-state index contributed by atoms with van der Waals surface area (Å²) in [6.45, 7) is 9.17. The summed E-state index contributed by atoms with van der Waals surface area (Å²) < 4.78 is 5.40. The fraction of sp³-hybridized carbons (Fsp3) is 0.389. The van der Waals surface area contributed by atoms with Gasteiger partial charge in [0.15, 0.2) is 0 Å². The molecule has 1 aromatic heterocycles. The first kappa shape index (κ1) is 32.0. The average molecular weight is 635 g/mol. The third-order valence-corrected chi connectivity index (χ3v) is 9.31. The normalized spacial score (nSPS) is 19.9. The van der Waals surface area contributed by atoms with Gasteiger partial charge < -0.3 is 25.6 Å². The Hall–Kier alpha value is -4.92. The molecule has 2 aliphatic heterocycles. The van der Waals surface area contributed by atoms with Gasteiger partial charge in [-0.2, -0.15) is 5.26 Å². The van der Waals surface area contributed by atoms with Crippen LogP contribution in [0.25, 0.3) is 0 Å². The van der Waals surface area contributed by atoms with Crippen LogP contribution in [0.4, 0.5) is 27.7 Å². The van der Waals surface area contributed by atoms with E-state index in [1.54, 1.807) is 12.3 Å². The highest BCUT2D eigenvalue weighted by molar-refractivity contribution is 6.02. The van der Waals surface area contributed by atoms with Crippen LogP contribution >= 0.6 is 0 Å². The molecule has 3 N–H and O–H groups in total. The van der Waals surface area contributed by atoms with Crippen molar-refractivity contribution in [1.82, 2.24) is 15.2 Å². The highest BCUT2D eigenvalue weighted by atomic mass is 16.5. The number of carbonyl (C=O) groups is 2. The molecule has 0 atom stereocenters. The van der Waals surface area contributed by atoms with Crippen molar-refractivity contribution in [3.05, 3.63) is 90.6 Å². The Morgan fingerprint density at radius 2 is 1.79 bits per heavy atom. The molecular weight excluding hydrogens is 592 g/mol. The molecule has 1 aliphatic carbocycles. The molecule has 6 rings (SSSR count). The summed E-state index contributed by atoms with van der Waals surface area (Å²) in [5.41, 5.74) is 3.87. The lowest BCUT2D eigenvalue weighted by Gasteiger charge is -2.43. The van der Waals surface area contributed by atoms with E-state index < -0.39 is 0 Å². The number of hydrogen-bond donors (Lipinski definition) is 3. The van der Waals surface area contributed by atoms with Gasteiger partial charge in [-0.1, -0.05) is 36.9 Å². The second-order valence-corrected chi connectivity index (χ2v) is 12.3. The molecule has 244 valence electrons. The Labute approximate surface area is 276 Å². The van der Waals surface area contributed by atoms with Crippen molar-refractivity contribution < 1.29 is 14.3 Å². The van der Waals surface area contributed by atoms with E-state index >= 15 is 0 Å². The maximum atomic E-state index is 14.0. The molecule has 47 heavy (non-hydrogen) atoms. The number of nitriles is 1. The Morgan fingerprint density at radius 3 is 2.43 bits per heavy atom. The second-order valence-electron chi connectivity index (χ2n) is 12.3. The van der Waals surface area contributed by atoms with Crippen LogP contribution in [-0.4, -0.2) is 79.3 Å². The van der Waals surface area contributed by atoms with Gasteiger partial charge in [-0.25, -0.2) is 9.78 Å². The predicted octanol–water partition coefficient (Wildman–Crippen LogP) is 4.74. The average Bonchev–Trinajstić information content (AvgIpc) is 3.09. The minimum Gasteiger partial charge on any atom is -0.378 e. The van der Waals surface area contributed by atoms with E-state index in [4.69, 9.17) is 10.00 Å². The number of amides is 3. The molecule has 2 aromatic carbocycles. The van der Waals surface area contributed by atoms with E-state index in [0.29, 0.717) is 23.8 Å². The van der Waals surface area contributed by atoms with Gasteiger partial charge in [-0.05, 0) is 67.7 Å². The van der Waals surface area contributed by atoms with E-state index in [-0.39, 0.29) is 24.0 Å². The molecule has 11 nitrogen and oxygen atoms in total. The number of pyridine rings is 1. The number of piperazine rings is 1. The van der Waals surface area contributed by atoms with Crippen molar-refractivity contribution in [2.24, 2.45) is 0 Å². The molecular formula is C36H42N8O3. The van der Waals surface area contributed by atoms with E-state index in [9.17, 15) is 9.59 Å². The second kappa shape index (κ2) is 15.1. The maximum Gasteiger partial charge on any atom is 0.322 e. The Balaban J connectivity index is 1.21. The number of nitrogens with zero attached hydrogens (tertiary/aromatic N) is 5. The fourth-order valence-electron chi connectivity index (χ4n) is 6.58. The van der Waals surface area contributed by atoms with Crippen LogP contribution in [0.15, 0.2) is 79.5 Å². The minimum atomic E-state index is -0.295. The van der Waals surface area contributed by atoms with Gasteiger partial charge in [-0.3, -0.25) is 14.6 Å². The summed E-state index contributed by atoms with van der Waals surface area (Å²) >= 11 is 0. The first-order valence-corrected chi connectivity index (χ1v) is 16.4. The number of carbonyl (C=O) groups excluding carboxylic acids is 2. The summed E-state index contributed by atoms with van der Waals surface area (Å²) in [5.74, 6) is 0.446. The number of ether oxygens (including phenoxy) is 1. The molecule has 0 unspecified atom stereocenters. The Morgan fingerprint density at radius 1 is 1.02 bits per heavy atom. The van der Waals surface area contributed by atoms with Crippen LogP contribution in [0.1, 0.15) is 36.8 Å². The monoisotopic (exact) mass is 634 g/mol. The molecule has 3 heterocycles. The van der Waals surface area contributed by atoms with Crippen molar-refractivity contribution in [2.75, 3.05) is 59.8 Å². The molecule has 0 radical (unpaired) electrons. The van der Waals surface area contributed by atoms with Crippen molar-refractivity contribution >= 4 is 34.8 Å². The van der Waals surface area contributed by atoms with E-state index in [0.717, 1.165) is 87.8 Å². The zero-order chi connectivity index (χ0) is 32.6. The highest BCUT2D eigenvalue weighted by Crippen LogP contribution is 2.35. The van der Waals surface area contributed by atoms with Crippen LogP contribution in [0.3, 0.4) is 0 Å². The van der Waals surface area contributed by atoms with Crippen LogP contribution in [0, 0.1) is 11.3 Å². The lowest BCUT2D eigenvalue weighted by atomic mass is 9.89. The van der Waals surface area contributed by atoms with Crippen LogP contribution in [0.2, 0.25) is 0 Å². The van der Waals surface area contributed by atoms with E-state index in [2.05, 4.69) is 43.4 Å². The molecule has 0 bridgehead atoms. The standard InChI is InChI=1S/C36H42N8O3/c1-2-35(45)41-32-20-30(13-14-33(32)43-18-16-42(17-19-43)31-24-47-25-31)44(36(46)39-22-26-6-4-3-5-7-26)29-11-9-28(10-12-29)40-34-15-8-27(21-37)23-38-34/h2-8,13-15,20,23,28-29,31H,1,9-12,16-19,22,24-25H2,(H,38,40)(H,39,46)(H,41,45). The molecule has 3 aromatic rings. The summed E-state index contributed by atoms with van der Waals surface area (Å²) in [7, 11) is 0. The zero-order valence-electron chi connectivity index (χ0n) is 26.6. The molecule has 1 saturated carbocycles. The van der Waals surface area contributed by atoms with Crippen molar-refractivity contribution in [1.29, 1.82) is 5.26 Å². The summed E-state index contributed by atoms with van der Waals surface area (Å²) in [5, 5.41) is 18.7. The van der Waals surface area contributed by atoms with Gasteiger partial charge in [0.1, 0.15) is 11.9 Å². The lowest BCUT2D eigenvalue weighted by molar-refractivity contribution is -0.111. The number of urea groups is 1. The molecule has 3 aliphatic rings. The van der Waals surface area contributed by atoms with Crippen LogP contribution < -0.4 is 25.8 Å². The largest absolute Gasteiger partial charge is 0.378 e. The predicted molar refractivity (Wildman–Crippen MR) is 183 cm³/mol. The molecule has 0 spiro atoms. The Bertz CT molecular complexity index is 1570. The van der Waals surface area contributed by atoms with E-state index in [1.165, 1.54) is 6.08 Å². The van der Waals surface area contributed by atoms with Crippen LogP contribution in [-0.2, 0) is 16.1 Å². The molecule has 2 saturated heterocycles.